The first kappa shape index (κ1) is 25.8. The Kier molecular flexibility index (Phi) is 8.37. The number of hydrogen-bond acceptors (Lipinski definition) is 6. The standard InChI is InChI=1S/C23H24ClF2N3O4S/c1-14(2)13-29-20(30)12-19(34-22(29)28-16-4-8-17(32-3)9-5-16)21(31)27-15-6-10-18(11-7-15)33-23(24,25)26/h4-11,14,19H,12-13H2,1-3H3,(H,27,31)/t19-/m1/s1. The van der Waals surface area contributed by atoms with Crippen molar-refractivity contribution in [2.45, 2.75) is 31.1 Å². The number of carbonyl (C=O) groups excluding carboxylic acids is 2. The monoisotopic (exact) mass is 511 g/mol. The average molecular weight is 512 g/mol. The van der Waals surface area contributed by atoms with Crippen LogP contribution in [-0.2, 0) is 9.59 Å². The molecular weight excluding hydrogens is 488 g/mol. The van der Waals surface area contributed by atoms with Crippen LogP contribution < -0.4 is 14.8 Å². The number of halogens is 3. The fraction of sp³-hybridized carbons (Fsp3) is 0.348. The smallest absolute Gasteiger partial charge is 0.487 e. The van der Waals surface area contributed by atoms with Crippen molar-refractivity contribution in [2.75, 3.05) is 19.0 Å². The lowest BCUT2D eigenvalue weighted by atomic mass is 10.2. The minimum atomic E-state index is -3.83. The highest BCUT2D eigenvalue weighted by Gasteiger charge is 2.36. The maximum absolute atomic E-state index is 12.9. The molecule has 182 valence electrons. The van der Waals surface area contributed by atoms with Gasteiger partial charge in [0.05, 0.1) is 12.8 Å². The van der Waals surface area contributed by atoms with Gasteiger partial charge in [-0.15, -0.1) is 8.78 Å². The Hall–Kier alpha value is -2.85. The summed E-state index contributed by atoms with van der Waals surface area (Å²) in [6.07, 6.45) is 0.00448. The number of ether oxygens (including phenoxy) is 2. The molecule has 1 heterocycles. The van der Waals surface area contributed by atoms with Gasteiger partial charge in [0.15, 0.2) is 5.17 Å². The summed E-state index contributed by atoms with van der Waals surface area (Å²) >= 11 is 5.95. The van der Waals surface area contributed by atoms with Crippen molar-refractivity contribution < 1.29 is 27.8 Å². The number of amidine groups is 1. The normalized spacial score (nSPS) is 17.7. The summed E-state index contributed by atoms with van der Waals surface area (Å²) in [7, 11) is 1.57. The number of nitrogens with zero attached hydrogens (tertiary/aromatic N) is 2. The Bertz CT molecular complexity index is 1040. The van der Waals surface area contributed by atoms with Crippen LogP contribution in [0, 0.1) is 5.92 Å². The van der Waals surface area contributed by atoms with E-state index in [9.17, 15) is 18.4 Å². The van der Waals surface area contributed by atoms with Crippen molar-refractivity contribution in [1.82, 2.24) is 4.90 Å². The van der Waals surface area contributed by atoms with E-state index in [1.54, 1.807) is 36.3 Å². The van der Waals surface area contributed by atoms with E-state index in [1.165, 1.54) is 36.0 Å². The molecule has 1 atom stereocenters. The number of rotatable bonds is 8. The van der Waals surface area contributed by atoms with Crippen LogP contribution in [0.25, 0.3) is 0 Å². The lowest BCUT2D eigenvalue weighted by Crippen LogP contribution is -2.46. The lowest BCUT2D eigenvalue weighted by Gasteiger charge is -2.32. The van der Waals surface area contributed by atoms with E-state index in [2.05, 4.69) is 15.0 Å². The number of hydrogen-bond donors (Lipinski definition) is 1. The minimum Gasteiger partial charge on any atom is -0.497 e. The molecule has 1 saturated heterocycles. The number of aliphatic imine (C=N–C) groups is 1. The van der Waals surface area contributed by atoms with Crippen LogP contribution in [0.15, 0.2) is 53.5 Å². The second kappa shape index (κ2) is 11.1. The fourth-order valence-corrected chi connectivity index (χ4v) is 4.31. The van der Waals surface area contributed by atoms with Crippen molar-refractivity contribution in [2.24, 2.45) is 10.9 Å². The van der Waals surface area contributed by atoms with Gasteiger partial charge in [-0.2, -0.15) is 0 Å². The van der Waals surface area contributed by atoms with Crippen molar-refractivity contribution in [1.29, 1.82) is 0 Å². The molecule has 1 fully saturated rings. The van der Waals surface area contributed by atoms with Crippen LogP contribution in [0.2, 0.25) is 0 Å². The number of benzene rings is 2. The molecule has 34 heavy (non-hydrogen) atoms. The number of methoxy groups -OCH3 is 1. The molecule has 0 unspecified atom stereocenters. The van der Waals surface area contributed by atoms with E-state index in [0.29, 0.717) is 28.8 Å². The van der Waals surface area contributed by atoms with E-state index in [4.69, 9.17) is 16.3 Å². The Morgan fingerprint density at radius 1 is 1.21 bits per heavy atom. The first-order valence-electron chi connectivity index (χ1n) is 10.4. The molecule has 0 saturated carbocycles. The van der Waals surface area contributed by atoms with Gasteiger partial charge in [-0.1, -0.05) is 25.6 Å². The van der Waals surface area contributed by atoms with Crippen LogP contribution >= 0.6 is 23.4 Å². The number of anilines is 1. The molecule has 1 aliphatic heterocycles. The lowest BCUT2D eigenvalue weighted by molar-refractivity contribution is -0.129. The minimum absolute atomic E-state index is 0.00448. The van der Waals surface area contributed by atoms with Gasteiger partial charge < -0.3 is 14.8 Å². The molecule has 11 heteroatoms. The summed E-state index contributed by atoms with van der Waals surface area (Å²) in [5, 5.41) is 2.42. The van der Waals surface area contributed by atoms with Gasteiger partial charge >= 0.3 is 5.57 Å². The van der Waals surface area contributed by atoms with Crippen molar-refractivity contribution in [3.8, 4) is 11.5 Å². The van der Waals surface area contributed by atoms with Crippen LogP contribution in [0.1, 0.15) is 20.3 Å². The van der Waals surface area contributed by atoms with Gasteiger partial charge in [-0.05, 0) is 54.4 Å². The highest BCUT2D eigenvalue weighted by atomic mass is 35.5. The Balaban J connectivity index is 1.76. The van der Waals surface area contributed by atoms with E-state index < -0.39 is 16.7 Å². The van der Waals surface area contributed by atoms with Gasteiger partial charge in [0.2, 0.25) is 11.8 Å². The predicted molar refractivity (Wildman–Crippen MR) is 129 cm³/mol. The first-order valence-corrected chi connectivity index (χ1v) is 11.7. The summed E-state index contributed by atoms with van der Waals surface area (Å²) < 4.78 is 34.9. The third-order valence-corrected chi connectivity index (χ3v) is 5.90. The van der Waals surface area contributed by atoms with Crippen molar-refractivity contribution in [3.63, 3.8) is 0 Å². The number of amides is 2. The second-order valence-corrected chi connectivity index (χ2v) is 9.47. The molecule has 2 amide bonds. The fourth-order valence-electron chi connectivity index (χ4n) is 3.12. The van der Waals surface area contributed by atoms with E-state index in [-0.39, 0.29) is 24.0 Å². The van der Waals surface area contributed by atoms with Crippen molar-refractivity contribution >= 4 is 51.7 Å². The Morgan fingerprint density at radius 3 is 2.38 bits per heavy atom. The van der Waals surface area contributed by atoms with Crippen LogP contribution in [0.3, 0.4) is 0 Å². The quantitative estimate of drug-likeness (QED) is 0.475. The van der Waals surface area contributed by atoms with Gasteiger partial charge in [-0.3, -0.25) is 14.5 Å². The topological polar surface area (TPSA) is 80.2 Å². The average Bonchev–Trinajstić information content (AvgIpc) is 2.76. The Morgan fingerprint density at radius 2 is 1.82 bits per heavy atom. The summed E-state index contributed by atoms with van der Waals surface area (Å²) in [6, 6.07) is 12.4. The molecule has 2 aromatic carbocycles. The van der Waals surface area contributed by atoms with Crippen LogP contribution in [-0.4, -0.2) is 46.4 Å². The zero-order valence-electron chi connectivity index (χ0n) is 18.8. The van der Waals surface area contributed by atoms with Gasteiger partial charge in [-0.25, -0.2) is 4.99 Å². The molecule has 3 rings (SSSR count). The summed E-state index contributed by atoms with van der Waals surface area (Å²) in [6.45, 7) is 4.46. The molecular formula is C23H24ClF2N3O4S. The van der Waals surface area contributed by atoms with Crippen LogP contribution in [0.4, 0.5) is 20.2 Å². The number of alkyl halides is 3. The number of carbonyl (C=O) groups is 2. The number of thioether (sulfide) groups is 1. The summed E-state index contributed by atoms with van der Waals surface area (Å²) in [5.41, 5.74) is -2.84. The molecule has 0 aliphatic carbocycles. The van der Waals surface area contributed by atoms with Crippen molar-refractivity contribution in [3.05, 3.63) is 48.5 Å². The first-order chi connectivity index (χ1) is 16.0. The third-order valence-electron chi connectivity index (χ3n) is 4.63. The molecule has 1 N–H and O–H groups in total. The maximum atomic E-state index is 12.9. The molecule has 2 aromatic rings. The largest absolute Gasteiger partial charge is 0.497 e. The molecule has 0 radical (unpaired) electrons. The van der Waals surface area contributed by atoms with Gasteiger partial charge in [0.25, 0.3) is 0 Å². The molecule has 7 nitrogen and oxygen atoms in total. The zero-order valence-corrected chi connectivity index (χ0v) is 20.3. The Labute approximate surface area is 205 Å². The number of nitrogens with one attached hydrogen (secondary N) is 1. The van der Waals surface area contributed by atoms with Gasteiger partial charge in [0.1, 0.15) is 16.7 Å². The van der Waals surface area contributed by atoms with Crippen LogP contribution in [0.5, 0.6) is 11.5 Å². The highest BCUT2D eigenvalue weighted by molar-refractivity contribution is 8.15. The van der Waals surface area contributed by atoms with E-state index in [0.717, 1.165) is 0 Å². The summed E-state index contributed by atoms with van der Waals surface area (Å²) in [4.78, 5) is 32.0. The van der Waals surface area contributed by atoms with E-state index >= 15 is 0 Å². The SMILES string of the molecule is COc1ccc(N=C2S[C@@H](C(=O)Nc3ccc(OC(F)(F)Cl)cc3)CC(=O)N2CC(C)C)cc1. The third kappa shape index (κ3) is 7.33. The highest BCUT2D eigenvalue weighted by Crippen LogP contribution is 2.31. The summed E-state index contributed by atoms with van der Waals surface area (Å²) in [5.74, 6) is 0.128. The van der Waals surface area contributed by atoms with Gasteiger partial charge in [0, 0.05) is 30.3 Å². The van der Waals surface area contributed by atoms with E-state index in [1.807, 2.05) is 13.8 Å². The molecule has 0 bridgehead atoms. The zero-order chi connectivity index (χ0) is 24.9. The molecule has 1 aliphatic rings. The molecule has 0 aromatic heterocycles. The predicted octanol–water partition coefficient (Wildman–Crippen LogP) is 5.48. The second-order valence-electron chi connectivity index (χ2n) is 7.86. The maximum Gasteiger partial charge on any atom is 0.487 e. The molecule has 0 spiro atoms.